The van der Waals surface area contributed by atoms with Gasteiger partial charge in [-0.15, -0.1) is 40.4 Å². The predicted molar refractivity (Wildman–Crippen MR) is 212 cm³/mol. The minimum absolute atomic E-state index is 0. The van der Waals surface area contributed by atoms with Crippen LogP contribution in [0.1, 0.15) is 19.6 Å². The van der Waals surface area contributed by atoms with Crippen LogP contribution in [0.4, 0.5) is 9.52 Å². The number of nitrogen functional groups attached to an aromatic ring is 1. The number of thioether (sulfide) groups is 2. The van der Waals surface area contributed by atoms with Gasteiger partial charge in [0.05, 0.1) is 22.8 Å². The van der Waals surface area contributed by atoms with Crippen LogP contribution in [0.2, 0.25) is 0 Å². The zero-order chi connectivity index (χ0) is 42.3. The van der Waals surface area contributed by atoms with Crippen molar-refractivity contribution in [1.82, 2.24) is 35.5 Å². The summed E-state index contributed by atoms with van der Waals surface area (Å²) in [5.41, 5.74) is 8.87. The number of hydrogen-bond acceptors (Lipinski definition) is 20. The van der Waals surface area contributed by atoms with Gasteiger partial charge in [-0.05, 0) is 42.8 Å². The first kappa shape index (κ1) is 44.5. The largest absolute Gasteiger partial charge is 1.00 e. The fourth-order valence-electron chi connectivity index (χ4n) is 5.84. The molecule has 2 amide bonds. The Bertz CT molecular complexity index is 2560. The third-order valence-corrected chi connectivity index (χ3v) is 13.2. The molecule has 4 aliphatic rings. The van der Waals surface area contributed by atoms with Crippen molar-refractivity contribution >= 4 is 79.2 Å². The molecule has 27 heteroatoms. The molecule has 0 aliphatic carbocycles. The maximum absolute atomic E-state index is 14.4. The van der Waals surface area contributed by atoms with Gasteiger partial charge >= 0.3 is 35.5 Å². The van der Waals surface area contributed by atoms with Gasteiger partial charge in [-0.1, -0.05) is 5.16 Å². The number of aliphatic imine (C=N–C) groups is 1. The first-order chi connectivity index (χ1) is 28.0. The van der Waals surface area contributed by atoms with Gasteiger partial charge in [-0.25, -0.2) is 32.6 Å². The maximum atomic E-state index is 14.4. The number of phenolic OH excluding ortho intramolecular Hbond substituents is 4. The van der Waals surface area contributed by atoms with Crippen LogP contribution >= 0.6 is 34.9 Å². The zero-order valence-electron chi connectivity index (χ0n) is 32.1. The SMILES string of the molecule is CC1=NC2=CN(CNS(=O)(=O)c3ccc(O)c(O)c3)NN2C(SCC2=C(C(=O)O)N3C(=O)C(NC(=O)C(=NOCc4ccc(O)c(O)c4F)c4csc(N)n4)C3SC2)=C1.[H-].[Na+]. The number of aromatic hydroxyl groups is 4. The van der Waals surface area contributed by atoms with Crippen molar-refractivity contribution in [2.75, 3.05) is 23.9 Å². The number of nitrogens with zero attached hydrogens (tertiary/aromatic N) is 6. The number of carboxylic acid groups (broad SMARTS) is 1. The minimum Gasteiger partial charge on any atom is -1.00 e. The molecule has 2 unspecified atom stereocenters. The van der Waals surface area contributed by atoms with Crippen molar-refractivity contribution < 1.29 is 88.5 Å². The summed E-state index contributed by atoms with van der Waals surface area (Å²) >= 11 is 3.44. The summed E-state index contributed by atoms with van der Waals surface area (Å²) in [5.74, 6) is -6.22. The Labute approximate surface area is 374 Å². The Hall–Kier alpha value is -5.06. The van der Waals surface area contributed by atoms with E-state index >= 15 is 0 Å². The number of halogens is 1. The molecule has 0 radical (unpaired) electrons. The molecule has 3 aromatic rings. The molecule has 2 atom stereocenters. The number of allylic oxidation sites excluding steroid dienone is 1. The summed E-state index contributed by atoms with van der Waals surface area (Å²) in [6, 6.07) is 4.09. The summed E-state index contributed by atoms with van der Waals surface area (Å²) in [6.45, 7) is 0.896. The Balaban J connectivity index is 0.00000352. The van der Waals surface area contributed by atoms with Gasteiger partial charge in [0.2, 0.25) is 10.0 Å². The predicted octanol–water partition coefficient (Wildman–Crippen LogP) is -1.72. The molecule has 1 saturated heterocycles. The van der Waals surface area contributed by atoms with Gasteiger partial charge in [-0.2, -0.15) is 4.72 Å². The number of phenols is 4. The molecular weight excluding hydrogens is 883 g/mol. The molecule has 5 heterocycles. The van der Waals surface area contributed by atoms with E-state index in [1.165, 1.54) is 40.1 Å². The molecule has 312 valence electrons. The number of benzene rings is 2. The second kappa shape index (κ2) is 17.9. The number of aliphatic carboxylic acids is 1. The van der Waals surface area contributed by atoms with Gasteiger partial charge in [-0.3, -0.25) is 19.5 Å². The number of nitrogens with one attached hydrogen (secondary N) is 3. The summed E-state index contributed by atoms with van der Waals surface area (Å²) in [7, 11) is -4.10. The van der Waals surface area contributed by atoms with Crippen LogP contribution in [-0.2, 0) is 35.9 Å². The van der Waals surface area contributed by atoms with Crippen molar-refractivity contribution in [2.45, 2.75) is 29.8 Å². The van der Waals surface area contributed by atoms with E-state index in [9.17, 15) is 52.7 Å². The van der Waals surface area contributed by atoms with Gasteiger partial charge in [0.15, 0.2) is 45.5 Å². The number of carboxylic acids is 1. The van der Waals surface area contributed by atoms with Crippen LogP contribution in [0.15, 0.2) is 85.2 Å². The summed E-state index contributed by atoms with van der Waals surface area (Å²) < 4.78 is 42.4. The molecule has 60 heavy (non-hydrogen) atoms. The molecule has 0 bridgehead atoms. The van der Waals surface area contributed by atoms with Gasteiger partial charge in [0.25, 0.3) is 11.8 Å². The van der Waals surface area contributed by atoms with E-state index < -0.39 is 80.4 Å². The summed E-state index contributed by atoms with van der Waals surface area (Å²) in [6.07, 6.45) is 3.27. The summed E-state index contributed by atoms with van der Waals surface area (Å²) in [5, 5.41) is 59.3. The van der Waals surface area contributed by atoms with Crippen molar-refractivity contribution in [1.29, 1.82) is 0 Å². The van der Waals surface area contributed by atoms with Crippen molar-refractivity contribution in [2.24, 2.45) is 10.1 Å². The summed E-state index contributed by atoms with van der Waals surface area (Å²) in [4.78, 5) is 54.2. The van der Waals surface area contributed by atoms with Gasteiger partial charge < -0.3 is 42.8 Å². The fourth-order valence-corrected chi connectivity index (χ4v) is 9.93. The van der Waals surface area contributed by atoms with Gasteiger partial charge in [0, 0.05) is 34.2 Å². The number of fused-ring (bicyclic) bond motifs is 2. The number of nitrogens with two attached hydrogens (primary N) is 1. The Kier molecular flexibility index (Phi) is 13.3. The van der Waals surface area contributed by atoms with Crippen LogP contribution in [0.3, 0.4) is 0 Å². The number of anilines is 1. The van der Waals surface area contributed by atoms with Crippen LogP contribution < -0.4 is 50.9 Å². The first-order valence-corrected chi connectivity index (χ1v) is 21.2. The number of rotatable bonds is 14. The number of thiazole rings is 1. The Morgan fingerprint density at radius 3 is 2.63 bits per heavy atom. The second-order valence-corrected chi connectivity index (χ2v) is 17.4. The Morgan fingerprint density at radius 1 is 1.18 bits per heavy atom. The van der Waals surface area contributed by atoms with E-state index in [0.717, 1.165) is 46.6 Å². The Morgan fingerprint density at radius 2 is 1.93 bits per heavy atom. The van der Waals surface area contributed by atoms with E-state index in [1.54, 1.807) is 18.0 Å². The normalized spacial score (nSPS) is 18.8. The average Bonchev–Trinajstić information content (AvgIpc) is 3.82. The number of oxime groups is 1. The zero-order valence-corrected chi connectivity index (χ0v) is 36.3. The maximum Gasteiger partial charge on any atom is 1.00 e. The standard InChI is InChI=1S/C33H31FN10O11S4.Na.H/c1-14-6-23(44-22(37-14)8-42(41-44)13-36-59(53,54)17-3-5-19(45)21(47)7-17)56-10-16-11-57-31-26(30(50)43(31)27(16)32(51)52)39-29(49)25(18-12-58-33(35)38-18)40-55-9-15-2-4-20(46)28(48)24(15)34;;/h2-8,12,26,31,36,41,45-48H,9-11,13H2,1H3,(H2,35,38)(H,39,49)(H,51,52);;/q;+1;-1. The molecule has 10 N–H and O–H groups in total. The van der Waals surface area contributed by atoms with Crippen molar-refractivity contribution in [3.05, 3.63) is 87.2 Å². The topological polar surface area (TPSA) is 305 Å². The molecule has 0 spiro atoms. The second-order valence-electron chi connectivity index (χ2n) is 12.7. The van der Waals surface area contributed by atoms with E-state index in [4.69, 9.17) is 10.6 Å². The number of sulfonamides is 1. The number of carbonyl (C=O) groups is 3. The third-order valence-electron chi connectivity index (χ3n) is 8.72. The fraction of sp³-hybridized carbons (Fsp3) is 0.212. The molecular formula is C33H32FN10NaO11S4. The number of hydrazine groups is 2. The molecule has 21 nitrogen and oxygen atoms in total. The molecule has 2 aromatic carbocycles. The molecule has 1 fully saturated rings. The molecule has 0 saturated carbocycles. The van der Waals surface area contributed by atoms with Crippen LogP contribution in [-0.4, -0.2) is 113 Å². The van der Waals surface area contributed by atoms with E-state index in [2.05, 4.69) is 30.7 Å². The van der Waals surface area contributed by atoms with Crippen molar-refractivity contribution in [3.8, 4) is 23.0 Å². The number of hydrogen-bond donors (Lipinski definition) is 9. The van der Waals surface area contributed by atoms with Crippen molar-refractivity contribution in [3.63, 3.8) is 0 Å². The van der Waals surface area contributed by atoms with Crippen LogP contribution in [0.25, 0.3) is 0 Å². The van der Waals surface area contributed by atoms with E-state index in [-0.39, 0.29) is 76.1 Å². The minimum atomic E-state index is -4.10. The van der Waals surface area contributed by atoms with Crippen LogP contribution in [0, 0.1) is 5.82 Å². The van der Waals surface area contributed by atoms with E-state index in [0.29, 0.717) is 22.1 Å². The van der Waals surface area contributed by atoms with Gasteiger partial charge in [0.1, 0.15) is 29.4 Å². The average molecular weight is 915 g/mol. The van der Waals surface area contributed by atoms with E-state index in [1.807, 2.05) is 0 Å². The molecule has 4 aliphatic heterocycles. The first-order valence-electron chi connectivity index (χ1n) is 16.8. The smallest absolute Gasteiger partial charge is 1.00 e. The third kappa shape index (κ3) is 9.00. The molecule has 1 aromatic heterocycles. The number of β-lactam (4-membered cyclic amide) rings is 1. The van der Waals surface area contributed by atoms with Crippen LogP contribution in [0.5, 0.6) is 23.0 Å². The number of carbonyl (C=O) groups excluding carboxylic acids is 2. The number of amides is 2. The quantitative estimate of drug-likeness (QED) is 0.0286. The number of aromatic nitrogens is 1. The monoisotopic (exact) mass is 914 g/mol. The molecule has 7 rings (SSSR count).